The monoisotopic (exact) mass is 521 g/mol. The number of rotatable bonds is 6. The van der Waals surface area contributed by atoms with Crippen LogP contribution in [-0.4, -0.2) is 41.6 Å². The number of hydrogen-bond donors (Lipinski definition) is 2. The SMILES string of the molecule is CCOC(=O)c1ccc(N2C(=O)C(=O)/C(=C(/O)c3cc(C)cc(Cl)c3OC)C2c2ccc(O)cc2)cc1. The number of hydrogen-bond acceptors (Lipinski definition) is 7. The van der Waals surface area contributed by atoms with Crippen LogP contribution in [0.15, 0.2) is 66.2 Å². The second kappa shape index (κ2) is 10.4. The summed E-state index contributed by atoms with van der Waals surface area (Å²) in [7, 11) is 1.38. The summed E-state index contributed by atoms with van der Waals surface area (Å²) in [4.78, 5) is 40.0. The second-order valence-electron chi connectivity index (χ2n) is 8.36. The van der Waals surface area contributed by atoms with Crippen molar-refractivity contribution in [1.82, 2.24) is 0 Å². The van der Waals surface area contributed by atoms with Gasteiger partial charge in [0.2, 0.25) is 0 Å². The number of aromatic hydroxyl groups is 1. The van der Waals surface area contributed by atoms with Crippen LogP contribution in [0.5, 0.6) is 11.5 Å². The highest BCUT2D eigenvalue weighted by Crippen LogP contribution is 2.44. The molecule has 1 amide bonds. The third-order valence-corrected chi connectivity index (χ3v) is 6.24. The Bertz CT molecular complexity index is 1410. The Morgan fingerprint density at radius 2 is 1.70 bits per heavy atom. The lowest BCUT2D eigenvalue weighted by atomic mass is 9.94. The van der Waals surface area contributed by atoms with Crippen molar-refractivity contribution in [2.24, 2.45) is 0 Å². The van der Waals surface area contributed by atoms with Crippen molar-refractivity contribution >= 4 is 40.7 Å². The van der Waals surface area contributed by atoms with E-state index >= 15 is 0 Å². The lowest BCUT2D eigenvalue weighted by Crippen LogP contribution is -2.29. The number of amides is 1. The van der Waals surface area contributed by atoms with Crippen LogP contribution in [-0.2, 0) is 14.3 Å². The molecule has 9 heteroatoms. The zero-order chi connectivity index (χ0) is 26.9. The molecule has 8 nitrogen and oxygen atoms in total. The summed E-state index contributed by atoms with van der Waals surface area (Å²) in [5.41, 5.74) is 1.75. The van der Waals surface area contributed by atoms with Gasteiger partial charge in [0, 0.05) is 5.69 Å². The molecule has 3 aromatic carbocycles. The van der Waals surface area contributed by atoms with E-state index < -0.39 is 29.5 Å². The van der Waals surface area contributed by atoms with E-state index in [0.717, 1.165) is 0 Å². The number of benzene rings is 3. The Labute approximate surface area is 218 Å². The van der Waals surface area contributed by atoms with Crippen molar-refractivity contribution in [1.29, 1.82) is 0 Å². The summed E-state index contributed by atoms with van der Waals surface area (Å²) in [5, 5.41) is 21.5. The first-order chi connectivity index (χ1) is 17.7. The van der Waals surface area contributed by atoms with E-state index in [1.807, 2.05) is 0 Å². The number of methoxy groups -OCH3 is 1. The molecule has 1 aliphatic heterocycles. The molecule has 1 saturated heterocycles. The van der Waals surface area contributed by atoms with Crippen molar-refractivity contribution < 1.29 is 34.1 Å². The maximum absolute atomic E-state index is 13.4. The van der Waals surface area contributed by atoms with E-state index in [0.29, 0.717) is 16.8 Å². The van der Waals surface area contributed by atoms with Crippen molar-refractivity contribution in [3.8, 4) is 11.5 Å². The molecule has 4 rings (SSSR count). The highest BCUT2D eigenvalue weighted by atomic mass is 35.5. The fraction of sp³-hybridized carbons (Fsp3) is 0.179. The smallest absolute Gasteiger partial charge is 0.338 e. The highest BCUT2D eigenvalue weighted by Gasteiger charge is 2.47. The molecule has 190 valence electrons. The molecule has 1 fully saturated rings. The van der Waals surface area contributed by atoms with Gasteiger partial charge in [-0.25, -0.2) is 4.79 Å². The van der Waals surface area contributed by atoms with Crippen molar-refractivity contribution in [2.75, 3.05) is 18.6 Å². The number of phenols is 1. The average molecular weight is 522 g/mol. The zero-order valence-electron chi connectivity index (χ0n) is 20.3. The minimum absolute atomic E-state index is 0.00775. The number of aryl methyl sites for hydroxylation is 1. The molecular formula is C28H24ClNO7. The van der Waals surface area contributed by atoms with E-state index in [-0.39, 0.29) is 39.8 Å². The first-order valence-electron chi connectivity index (χ1n) is 11.4. The largest absolute Gasteiger partial charge is 0.508 e. The number of aliphatic hydroxyl groups excluding tert-OH is 1. The number of esters is 1. The van der Waals surface area contributed by atoms with Crippen LogP contribution >= 0.6 is 11.6 Å². The molecule has 3 aromatic rings. The lowest BCUT2D eigenvalue weighted by molar-refractivity contribution is -0.132. The standard InChI is InChI=1S/C28H24ClNO7/c1-4-37-28(35)17-5-9-18(10-6-17)30-23(16-7-11-19(31)12-8-16)22(25(33)27(30)34)24(32)20-13-15(2)14-21(29)26(20)36-3/h5-14,23,31-32H,4H2,1-3H3/b24-22+. The van der Waals surface area contributed by atoms with Gasteiger partial charge in [0.15, 0.2) is 0 Å². The van der Waals surface area contributed by atoms with Gasteiger partial charge in [-0.1, -0.05) is 23.7 Å². The predicted molar refractivity (Wildman–Crippen MR) is 138 cm³/mol. The number of Topliss-reactive ketones (excluding diaryl/α,β-unsaturated/α-hetero) is 1. The van der Waals surface area contributed by atoms with Gasteiger partial charge in [0.1, 0.15) is 17.3 Å². The molecule has 1 aliphatic rings. The Hall–Kier alpha value is -4.30. The number of ketones is 1. The Morgan fingerprint density at radius 1 is 1.05 bits per heavy atom. The summed E-state index contributed by atoms with van der Waals surface area (Å²) in [6.45, 7) is 3.67. The van der Waals surface area contributed by atoms with Crippen LogP contribution in [0.1, 0.15) is 40.0 Å². The molecule has 2 N–H and O–H groups in total. The molecule has 0 spiro atoms. The Kier molecular flexibility index (Phi) is 7.22. The van der Waals surface area contributed by atoms with E-state index in [4.69, 9.17) is 21.1 Å². The number of halogens is 1. The summed E-state index contributed by atoms with van der Waals surface area (Å²) in [6.07, 6.45) is 0. The van der Waals surface area contributed by atoms with Crippen molar-refractivity contribution in [3.05, 3.63) is 93.5 Å². The normalized spacial score (nSPS) is 16.6. The first-order valence-corrected chi connectivity index (χ1v) is 11.8. The number of carbonyl (C=O) groups is 3. The first kappa shape index (κ1) is 25.8. The third kappa shape index (κ3) is 4.75. The quantitative estimate of drug-likeness (QED) is 0.199. The topological polar surface area (TPSA) is 113 Å². The second-order valence-corrected chi connectivity index (χ2v) is 8.76. The van der Waals surface area contributed by atoms with Crippen molar-refractivity contribution in [3.63, 3.8) is 0 Å². The van der Waals surface area contributed by atoms with Crippen LogP contribution < -0.4 is 9.64 Å². The number of aliphatic hydroxyl groups is 1. The van der Waals surface area contributed by atoms with E-state index in [2.05, 4.69) is 0 Å². The molecule has 1 heterocycles. The van der Waals surface area contributed by atoms with E-state index in [1.54, 1.807) is 38.1 Å². The van der Waals surface area contributed by atoms with E-state index in [1.165, 1.54) is 48.4 Å². The number of ether oxygens (including phenoxy) is 2. The van der Waals surface area contributed by atoms with Crippen LogP contribution in [0, 0.1) is 6.92 Å². The maximum atomic E-state index is 13.4. The number of phenolic OH excluding ortho intramolecular Hbond substituents is 1. The van der Waals surface area contributed by atoms with Crippen LogP contribution in [0.4, 0.5) is 5.69 Å². The van der Waals surface area contributed by atoms with E-state index in [9.17, 15) is 24.6 Å². The molecule has 0 saturated carbocycles. The van der Waals surface area contributed by atoms with Crippen LogP contribution in [0.25, 0.3) is 5.76 Å². The minimum Gasteiger partial charge on any atom is -0.508 e. The number of anilines is 1. The van der Waals surface area contributed by atoms with Gasteiger partial charge < -0.3 is 19.7 Å². The lowest BCUT2D eigenvalue weighted by Gasteiger charge is -2.26. The van der Waals surface area contributed by atoms with Gasteiger partial charge in [0.05, 0.1) is 41.5 Å². The molecule has 0 aromatic heterocycles. The molecule has 1 unspecified atom stereocenters. The minimum atomic E-state index is -1.04. The van der Waals surface area contributed by atoms with Crippen LogP contribution in [0.2, 0.25) is 5.02 Å². The van der Waals surface area contributed by atoms with Gasteiger partial charge in [-0.05, 0) is 73.5 Å². The number of nitrogens with zero attached hydrogens (tertiary/aromatic N) is 1. The van der Waals surface area contributed by atoms with Gasteiger partial charge in [0.25, 0.3) is 11.7 Å². The molecule has 37 heavy (non-hydrogen) atoms. The van der Waals surface area contributed by atoms with Gasteiger partial charge in [-0.2, -0.15) is 0 Å². The number of carbonyl (C=O) groups excluding carboxylic acids is 3. The molecule has 0 bridgehead atoms. The average Bonchev–Trinajstić information content (AvgIpc) is 3.14. The third-order valence-electron chi connectivity index (χ3n) is 5.96. The zero-order valence-corrected chi connectivity index (χ0v) is 21.1. The summed E-state index contributed by atoms with van der Waals surface area (Å²) >= 11 is 6.32. The summed E-state index contributed by atoms with van der Waals surface area (Å²) in [5.74, 6) is -2.61. The molecule has 1 atom stereocenters. The predicted octanol–water partition coefficient (Wildman–Crippen LogP) is 5.17. The Balaban J connectivity index is 1.92. The van der Waals surface area contributed by atoms with Gasteiger partial charge in [-0.15, -0.1) is 0 Å². The fourth-order valence-electron chi connectivity index (χ4n) is 4.30. The van der Waals surface area contributed by atoms with Gasteiger partial charge in [-0.3, -0.25) is 14.5 Å². The maximum Gasteiger partial charge on any atom is 0.338 e. The summed E-state index contributed by atoms with van der Waals surface area (Å²) < 4.78 is 10.4. The molecule has 0 radical (unpaired) electrons. The van der Waals surface area contributed by atoms with Crippen molar-refractivity contribution in [2.45, 2.75) is 19.9 Å². The van der Waals surface area contributed by atoms with Crippen LogP contribution in [0.3, 0.4) is 0 Å². The Morgan fingerprint density at radius 3 is 2.30 bits per heavy atom. The molecule has 0 aliphatic carbocycles. The fourth-order valence-corrected chi connectivity index (χ4v) is 4.65. The highest BCUT2D eigenvalue weighted by molar-refractivity contribution is 6.51. The molecular weight excluding hydrogens is 498 g/mol. The van der Waals surface area contributed by atoms with Gasteiger partial charge >= 0.3 is 5.97 Å². The summed E-state index contributed by atoms with van der Waals surface area (Å²) in [6, 6.07) is 14.2.